The van der Waals surface area contributed by atoms with Gasteiger partial charge >= 0.3 is 0 Å². The fourth-order valence-corrected chi connectivity index (χ4v) is 2.23. The van der Waals surface area contributed by atoms with Crippen LogP contribution < -0.4 is 4.74 Å². The topological polar surface area (TPSA) is 29.5 Å². The molecule has 2 rings (SSSR count). The second-order valence-corrected chi connectivity index (χ2v) is 4.37. The van der Waals surface area contributed by atoms with Crippen molar-refractivity contribution in [1.82, 2.24) is 4.90 Å². The normalized spacial score (nSPS) is 16.6. The Kier molecular flexibility index (Phi) is 3.88. The molecule has 1 aromatic carbocycles. The van der Waals surface area contributed by atoms with Gasteiger partial charge in [-0.05, 0) is 12.5 Å². The fourth-order valence-electron chi connectivity index (χ4n) is 2.23. The summed E-state index contributed by atoms with van der Waals surface area (Å²) in [5.41, 5.74) is 0.973. The lowest BCUT2D eigenvalue weighted by Gasteiger charge is -2.22. The van der Waals surface area contributed by atoms with E-state index in [9.17, 15) is 4.79 Å². The van der Waals surface area contributed by atoms with Crippen LogP contribution in [0, 0.1) is 12.3 Å². The third-order valence-electron chi connectivity index (χ3n) is 3.09. The van der Waals surface area contributed by atoms with Gasteiger partial charge in [0.25, 0.3) is 0 Å². The zero-order valence-electron chi connectivity index (χ0n) is 10.6. The molecule has 0 aromatic heterocycles. The number of para-hydroxylation sites is 1. The zero-order valence-corrected chi connectivity index (χ0v) is 10.6. The van der Waals surface area contributed by atoms with Gasteiger partial charge in [0, 0.05) is 12.1 Å². The van der Waals surface area contributed by atoms with Crippen LogP contribution in [0.4, 0.5) is 0 Å². The van der Waals surface area contributed by atoms with Crippen LogP contribution in [0.1, 0.15) is 24.8 Å². The molecule has 0 saturated heterocycles. The van der Waals surface area contributed by atoms with Crippen molar-refractivity contribution in [2.24, 2.45) is 0 Å². The number of carbonyl (C=O) groups excluding carboxylic acids is 1. The highest BCUT2D eigenvalue weighted by Crippen LogP contribution is 2.34. The smallest absolute Gasteiger partial charge is 0.234 e. The summed E-state index contributed by atoms with van der Waals surface area (Å²) < 4.78 is 5.54. The van der Waals surface area contributed by atoms with Crippen LogP contribution in [0.25, 0.3) is 0 Å². The molecular weight excluding hydrogens is 226 g/mol. The van der Waals surface area contributed by atoms with E-state index in [1.165, 1.54) is 0 Å². The van der Waals surface area contributed by atoms with Crippen molar-refractivity contribution in [2.75, 3.05) is 19.7 Å². The van der Waals surface area contributed by atoms with Gasteiger partial charge < -0.3 is 9.64 Å². The van der Waals surface area contributed by atoms with Gasteiger partial charge in [0.15, 0.2) is 0 Å². The van der Waals surface area contributed by atoms with Crippen molar-refractivity contribution in [3.63, 3.8) is 0 Å². The van der Waals surface area contributed by atoms with Crippen molar-refractivity contribution in [3.05, 3.63) is 29.8 Å². The summed E-state index contributed by atoms with van der Waals surface area (Å²) in [7, 11) is 0. The van der Waals surface area contributed by atoms with E-state index < -0.39 is 0 Å². The molecule has 94 valence electrons. The Morgan fingerprint density at radius 3 is 3.06 bits per heavy atom. The van der Waals surface area contributed by atoms with E-state index in [0.29, 0.717) is 19.7 Å². The van der Waals surface area contributed by atoms with Crippen molar-refractivity contribution in [3.8, 4) is 18.1 Å². The van der Waals surface area contributed by atoms with Crippen LogP contribution in [-0.2, 0) is 4.79 Å². The van der Waals surface area contributed by atoms with Gasteiger partial charge in [-0.3, -0.25) is 4.79 Å². The second kappa shape index (κ2) is 5.59. The van der Waals surface area contributed by atoms with Crippen LogP contribution in [0.15, 0.2) is 24.3 Å². The number of hydrogen-bond acceptors (Lipinski definition) is 2. The quantitative estimate of drug-likeness (QED) is 0.757. The lowest BCUT2D eigenvalue weighted by molar-refractivity contribution is -0.132. The first kappa shape index (κ1) is 12.5. The van der Waals surface area contributed by atoms with Gasteiger partial charge in [-0.1, -0.05) is 31.0 Å². The first-order valence-electron chi connectivity index (χ1n) is 6.22. The number of terminal acetylenes is 1. The molecule has 3 heteroatoms. The maximum Gasteiger partial charge on any atom is 0.234 e. The van der Waals surface area contributed by atoms with Crippen LogP contribution in [0.3, 0.4) is 0 Å². The number of hydrogen-bond donors (Lipinski definition) is 0. The highest BCUT2D eigenvalue weighted by atomic mass is 16.5. The number of rotatable bonds is 4. The number of nitrogens with zero attached hydrogens (tertiary/aromatic N) is 1. The van der Waals surface area contributed by atoms with E-state index in [0.717, 1.165) is 17.7 Å². The Morgan fingerprint density at radius 2 is 2.33 bits per heavy atom. The van der Waals surface area contributed by atoms with Crippen molar-refractivity contribution in [2.45, 2.75) is 19.3 Å². The summed E-state index contributed by atoms with van der Waals surface area (Å²) in [6.45, 7) is 3.52. The van der Waals surface area contributed by atoms with Gasteiger partial charge in [-0.25, -0.2) is 0 Å². The number of ether oxygens (including phenoxy) is 1. The second-order valence-electron chi connectivity index (χ2n) is 4.37. The van der Waals surface area contributed by atoms with Crippen LogP contribution >= 0.6 is 0 Å². The molecule has 1 atom stereocenters. The SMILES string of the molecule is C#CCN(CCC)C(=O)C1COc2ccccc21. The molecule has 1 aliphatic heterocycles. The number of amides is 1. The van der Waals surface area contributed by atoms with E-state index in [1.54, 1.807) is 4.90 Å². The molecule has 0 radical (unpaired) electrons. The molecule has 1 heterocycles. The van der Waals surface area contributed by atoms with Crippen molar-refractivity contribution >= 4 is 5.91 Å². The molecule has 3 nitrogen and oxygen atoms in total. The predicted molar refractivity (Wildman–Crippen MR) is 70.4 cm³/mol. The lowest BCUT2D eigenvalue weighted by atomic mass is 10.00. The van der Waals surface area contributed by atoms with Crippen LogP contribution in [0.5, 0.6) is 5.75 Å². The molecule has 1 amide bonds. The summed E-state index contributed by atoms with van der Waals surface area (Å²) in [5.74, 6) is 3.22. The van der Waals surface area contributed by atoms with E-state index in [1.807, 2.05) is 31.2 Å². The van der Waals surface area contributed by atoms with Gasteiger partial charge in [0.05, 0.1) is 6.54 Å². The van der Waals surface area contributed by atoms with E-state index >= 15 is 0 Å². The van der Waals surface area contributed by atoms with Gasteiger partial charge in [-0.15, -0.1) is 6.42 Å². The number of fused-ring (bicyclic) bond motifs is 1. The monoisotopic (exact) mass is 243 g/mol. The summed E-state index contributed by atoms with van der Waals surface area (Å²) in [5, 5.41) is 0. The summed E-state index contributed by atoms with van der Waals surface area (Å²) in [6.07, 6.45) is 6.22. The minimum absolute atomic E-state index is 0.0692. The largest absolute Gasteiger partial charge is 0.492 e. The van der Waals surface area contributed by atoms with Crippen molar-refractivity contribution < 1.29 is 9.53 Å². The highest BCUT2D eigenvalue weighted by Gasteiger charge is 2.32. The van der Waals surface area contributed by atoms with E-state index in [4.69, 9.17) is 11.2 Å². The molecule has 0 saturated carbocycles. The maximum atomic E-state index is 12.4. The third kappa shape index (κ3) is 2.33. The summed E-state index contributed by atoms with van der Waals surface area (Å²) in [4.78, 5) is 14.2. The Bertz CT molecular complexity index is 476. The minimum atomic E-state index is -0.207. The maximum absolute atomic E-state index is 12.4. The third-order valence-corrected chi connectivity index (χ3v) is 3.09. The van der Waals surface area contributed by atoms with Crippen LogP contribution in [-0.4, -0.2) is 30.5 Å². The molecule has 1 aliphatic rings. The molecule has 0 fully saturated rings. The molecule has 1 unspecified atom stereocenters. The average molecular weight is 243 g/mol. The molecule has 0 aliphatic carbocycles. The molecule has 0 N–H and O–H groups in total. The zero-order chi connectivity index (χ0) is 13.0. The molecule has 0 spiro atoms. The van der Waals surface area contributed by atoms with E-state index in [-0.39, 0.29) is 11.8 Å². The Morgan fingerprint density at radius 1 is 1.56 bits per heavy atom. The Labute approximate surface area is 108 Å². The van der Waals surface area contributed by atoms with E-state index in [2.05, 4.69) is 5.92 Å². The Balaban J connectivity index is 2.17. The van der Waals surface area contributed by atoms with Gasteiger partial charge in [0.1, 0.15) is 18.3 Å². The van der Waals surface area contributed by atoms with Gasteiger partial charge in [0.2, 0.25) is 5.91 Å². The molecular formula is C15H17NO2. The minimum Gasteiger partial charge on any atom is -0.492 e. The highest BCUT2D eigenvalue weighted by molar-refractivity contribution is 5.85. The van der Waals surface area contributed by atoms with Gasteiger partial charge in [-0.2, -0.15) is 0 Å². The summed E-state index contributed by atoms with van der Waals surface area (Å²) in [6, 6.07) is 7.69. The molecule has 1 aromatic rings. The van der Waals surface area contributed by atoms with Crippen molar-refractivity contribution in [1.29, 1.82) is 0 Å². The first-order chi connectivity index (χ1) is 8.77. The average Bonchev–Trinajstić information content (AvgIpc) is 2.81. The molecule has 18 heavy (non-hydrogen) atoms. The van der Waals surface area contributed by atoms with Crippen LogP contribution in [0.2, 0.25) is 0 Å². The Hall–Kier alpha value is -1.95. The standard InChI is InChI=1S/C15H17NO2/c1-3-9-16(10-4-2)15(17)13-11-18-14-8-6-5-7-12(13)14/h1,5-8,13H,4,9-11H2,2H3. The molecule has 0 bridgehead atoms. The predicted octanol–water partition coefficient (Wildman–Crippen LogP) is 2.03. The fraction of sp³-hybridized carbons (Fsp3) is 0.400. The first-order valence-corrected chi connectivity index (χ1v) is 6.22. The number of carbonyl (C=O) groups is 1. The number of benzene rings is 1. The summed E-state index contributed by atoms with van der Waals surface area (Å²) >= 11 is 0. The lowest BCUT2D eigenvalue weighted by Crippen LogP contribution is -2.36.